The average Bonchev–Trinajstić information content (AvgIpc) is 2.58. The van der Waals surface area contributed by atoms with Crippen LogP contribution in [0.2, 0.25) is 0 Å². The molecule has 32 heavy (non-hydrogen) atoms. The van der Waals surface area contributed by atoms with Gasteiger partial charge in [-0.25, -0.2) is 4.79 Å². The maximum atomic E-state index is 13.2. The number of hydrogen-bond acceptors (Lipinski definition) is 6. The SMILES string of the molecule is CC(=O)N(C)c1c(Br)c(C(=O)OC(CS(=O)(=O)O)C(F)(F)F)c(Br)c(N(C)C(C)=O)c1Br. The van der Waals surface area contributed by atoms with Crippen LogP contribution in [0, 0.1) is 0 Å². The van der Waals surface area contributed by atoms with Crippen molar-refractivity contribution < 1.29 is 45.3 Å². The van der Waals surface area contributed by atoms with Gasteiger partial charge in [0.25, 0.3) is 10.1 Å². The molecule has 180 valence electrons. The van der Waals surface area contributed by atoms with Crippen molar-refractivity contribution >= 4 is 87.1 Å². The molecular formula is C16H16Br3F3N2O7S. The second-order valence-electron chi connectivity index (χ2n) is 6.35. The minimum atomic E-state index is -5.32. The summed E-state index contributed by atoms with van der Waals surface area (Å²) in [5, 5.41) is 0. The zero-order chi connectivity index (χ0) is 25.3. The van der Waals surface area contributed by atoms with Gasteiger partial charge in [-0.3, -0.25) is 14.1 Å². The van der Waals surface area contributed by atoms with Crippen LogP contribution >= 0.6 is 47.8 Å². The molecule has 9 nitrogen and oxygen atoms in total. The van der Waals surface area contributed by atoms with Crippen LogP contribution < -0.4 is 9.80 Å². The van der Waals surface area contributed by atoms with E-state index < -0.39 is 51.5 Å². The number of esters is 1. The Morgan fingerprint density at radius 2 is 1.34 bits per heavy atom. The number of carbonyl (C=O) groups is 3. The maximum absolute atomic E-state index is 13.2. The third-order valence-electron chi connectivity index (χ3n) is 4.07. The number of carbonyl (C=O) groups excluding carboxylic acids is 3. The van der Waals surface area contributed by atoms with Gasteiger partial charge in [0.1, 0.15) is 5.75 Å². The van der Waals surface area contributed by atoms with Crippen molar-refractivity contribution in [3.05, 3.63) is 19.0 Å². The highest BCUT2D eigenvalue weighted by molar-refractivity contribution is 9.12. The third-order valence-corrected chi connectivity index (χ3v) is 7.09. The van der Waals surface area contributed by atoms with E-state index in [2.05, 4.69) is 52.5 Å². The largest absolute Gasteiger partial charge is 0.448 e. The molecule has 1 aromatic rings. The molecule has 0 aliphatic rings. The minimum Gasteiger partial charge on any atom is -0.448 e. The van der Waals surface area contributed by atoms with Gasteiger partial charge in [-0.05, 0) is 47.8 Å². The number of anilines is 2. The van der Waals surface area contributed by atoms with Gasteiger partial charge in [0.15, 0.2) is 0 Å². The van der Waals surface area contributed by atoms with E-state index in [9.17, 15) is 36.0 Å². The summed E-state index contributed by atoms with van der Waals surface area (Å²) in [7, 11) is -2.54. The maximum Gasteiger partial charge on any atom is 0.426 e. The predicted octanol–water partition coefficient (Wildman–Crippen LogP) is 3.92. The van der Waals surface area contributed by atoms with Crippen LogP contribution in [-0.2, 0) is 24.4 Å². The molecule has 0 bridgehead atoms. The lowest BCUT2D eigenvalue weighted by Gasteiger charge is -2.28. The number of benzene rings is 1. The second-order valence-corrected chi connectivity index (χ2v) is 10.2. The van der Waals surface area contributed by atoms with Crippen LogP contribution in [0.1, 0.15) is 24.2 Å². The monoisotopic (exact) mass is 674 g/mol. The van der Waals surface area contributed by atoms with E-state index in [0.29, 0.717) is 0 Å². The topological polar surface area (TPSA) is 121 Å². The lowest BCUT2D eigenvalue weighted by molar-refractivity contribution is -0.197. The molecule has 0 aromatic heterocycles. The molecule has 1 atom stereocenters. The first-order chi connectivity index (χ1) is 14.3. The van der Waals surface area contributed by atoms with Gasteiger partial charge < -0.3 is 14.5 Å². The molecular weight excluding hydrogens is 661 g/mol. The fraction of sp³-hybridized carbons (Fsp3) is 0.438. The first-order valence-corrected chi connectivity index (χ1v) is 12.2. The fourth-order valence-electron chi connectivity index (χ4n) is 2.30. The van der Waals surface area contributed by atoms with Crippen molar-refractivity contribution in [2.75, 3.05) is 29.6 Å². The lowest BCUT2D eigenvalue weighted by atomic mass is 10.1. The van der Waals surface area contributed by atoms with E-state index in [-0.39, 0.29) is 24.8 Å². The van der Waals surface area contributed by atoms with Crippen LogP contribution in [0.3, 0.4) is 0 Å². The molecule has 1 rings (SSSR count). The van der Waals surface area contributed by atoms with Crippen molar-refractivity contribution in [2.24, 2.45) is 0 Å². The molecule has 0 spiro atoms. The zero-order valence-corrected chi connectivity index (χ0v) is 22.3. The molecule has 0 heterocycles. The first kappa shape index (κ1) is 28.8. The molecule has 0 aliphatic heterocycles. The van der Waals surface area contributed by atoms with Gasteiger partial charge in [-0.2, -0.15) is 21.6 Å². The number of nitrogens with zero attached hydrogens (tertiary/aromatic N) is 2. The fourth-order valence-corrected chi connectivity index (χ4v) is 6.31. The Morgan fingerprint density at radius 1 is 0.969 bits per heavy atom. The quantitative estimate of drug-likeness (QED) is 0.358. The second kappa shape index (κ2) is 10.4. The lowest BCUT2D eigenvalue weighted by Crippen LogP contribution is -2.39. The molecule has 0 aliphatic carbocycles. The van der Waals surface area contributed by atoms with E-state index in [0.717, 1.165) is 9.80 Å². The van der Waals surface area contributed by atoms with Crippen molar-refractivity contribution in [1.82, 2.24) is 0 Å². The summed E-state index contributed by atoms with van der Waals surface area (Å²) in [4.78, 5) is 38.7. The number of rotatable bonds is 6. The van der Waals surface area contributed by atoms with Crippen LogP contribution in [0.15, 0.2) is 13.4 Å². The summed E-state index contributed by atoms with van der Waals surface area (Å²) in [5.41, 5.74) is -0.604. The average molecular weight is 677 g/mol. The highest BCUT2D eigenvalue weighted by atomic mass is 79.9. The Kier molecular flexibility index (Phi) is 9.32. The van der Waals surface area contributed by atoms with Crippen LogP contribution in [-0.4, -0.2) is 62.9 Å². The van der Waals surface area contributed by atoms with E-state index in [1.165, 1.54) is 27.9 Å². The standard InChI is InChI=1S/C16H16Br3F3N2O7S/c1-6(25)23(3)13-10(17)9(11(18)14(12(13)19)24(4)7(2)26)15(27)31-8(16(20,21)22)5-32(28,29)30/h8H,5H2,1-4H3,(H,28,29,30). The summed E-state index contributed by atoms with van der Waals surface area (Å²) in [5.74, 6) is -4.61. The molecule has 16 heteroatoms. The summed E-state index contributed by atoms with van der Waals surface area (Å²) in [6, 6.07) is 0. The molecule has 0 saturated heterocycles. The normalized spacial score (nSPS) is 12.8. The zero-order valence-electron chi connectivity index (χ0n) is 16.8. The molecule has 2 amide bonds. The van der Waals surface area contributed by atoms with Gasteiger partial charge in [-0.15, -0.1) is 0 Å². The Balaban J connectivity index is 3.82. The van der Waals surface area contributed by atoms with Gasteiger partial charge >= 0.3 is 12.1 Å². The van der Waals surface area contributed by atoms with Gasteiger partial charge in [0.05, 0.1) is 30.4 Å². The van der Waals surface area contributed by atoms with Gasteiger partial charge in [-0.1, -0.05) is 0 Å². The van der Waals surface area contributed by atoms with Gasteiger partial charge in [0.2, 0.25) is 17.9 Å². The molecule has 1 unspecified atom stereocenters. The van der Waals surface area contributed by atoms with E-state index >= 15 is 0 Å². The summed E-state index contributed by atoms with van der Waals surface area (Å²) in [6.45, 7) is 2.36. The number of alkyl halides is 3. The highest BCUT2D eigenvalue weighted by Crippen LogP contribution is 2.48. The van der Waals surface area contributed by atoms with E-state index in [4.69, 9.17) is 4.55 Å². The number of halogens is 6. The first-order valence-electron chi connectivity index (χ1n) is 8.23. The van der Waals surface area contributed by atoms with Crippen molar-refractivity contribution in [1.29, 1.82) is 0 Å². The molecule has 1 N–H and O–H groups in total. The van der Waals surface area contributed by atoms with Crippen LogP contribution in [0.5, 0.6) is 0 Å². The Bertz CT molecular complexity index is 1020. The smallest absolute Gasteiger partial charge is 0.426 e. The molecule has 0 saturated carbocycles. The minimum absolute atomic E-state index is 0.0194. The van der Waals surface area contributed by atoms with Crippen LogP contribution in [0.4, 0.5) is 24.5 Å². The summed E-state index contributed by atoms with van der Waals surface area (Å²) in [6.07, 6.45) is -8.51. The molecule has 0 radical (unpaired) electrons. The van der Waals surface area contributed by atoms with Crippen molar-refractivity contribution in [2.45, 2.75) is 26.1 Å². The van der Waals surface area contributed by atoms with E-state index in [1.54, 1.807) is 0 Å². The van der Waals surface area contributed by atoms with Crippen molar-refractivity contribution in [3.63, 3.8) is 0 Å². The number of amides is 2. The Morgan fingerprint density at radius 3 is 1.62 bits per heavy atom. The molecule has 0 fully saturated rings. The highest BCUT2D eigenvalue weighted by Gasteiger charge is 2.46. The third kappa shape index (κ3) is 6.65. The predicted molar refractivity (Wildman–Crippen MR) is 119 cm³/mol. The van der Waals surface area contributed by atoms with E-state index in [1.807, 2.05) is 0 Å². The van der Waals surface area contributed by atoms with Gasteiger partial charge in [0, 0.05) is 27.9 Å². The summed E-state index contributed by atoms with van der Waals surface area (Å²) < 4.78 is 74.6. The summed E-state index contributed by atoms with van der Waals surface area (Å²) >= 11 is 9.37. The Labute approximate surface area is 206 Å². The number of hydrogen-bond donors (Lipinski definition) is 1. The van der Waals surface area contributed by atoms with Crippen molar-refractivity contribution in [3.8, 4) is 0 Å². The molecule has 1 aromatic carbocycles. The number of ether oxygens (including phenoxy) is 1. The Hall–Kier alpha value is -1.23. The van der Waals surface area contributed by atoms with Crippen LogP contribution in [0.25, 0.3) is 0 Å².